The van der Waals surface area contributed by atoms with Gasteiger partial charge in [0.25, 0.3) is 0 Å². The lowest BCUT2D eigenvalue weighted by Gasteiger charge is -2.28. The molecule has 0 saturated heterocycles. The Labute approximate surface area is 177 Å². The molecule has 10 nitrogen and oxygen atoms in total. The predicted molar refractivity (Wildman–Crippen MR) is 117 cm³/mol. The van der Waals surface area contributed by atoms with Crippen LogP contribution in [0.25, 0.3) is 11.0 Å². The lowest BCUT2D eigenvalue weighted by Crippen LogP contribution is -2.35. The van der Waals surface area contributed by atoms with Crippen LogP contribution in [-0.4, -0.2) is 56.6 Å². The molecular weight excluding hydrogens is 401 g/mol. The van der Waals surface area contributed by atoms with E-state index < -0.39 is 0 Å². The lowest BCUT2D eigenvalue weighted by molar-refractivity contribution is 0.292. The van der Waals surface area contributed by atoms with Gasteiger partial charge in [0.1, 0.15) is 11.9 Å². The van der Waals surface area contributed by atoms with Crippen molar-refractivity contribution in [2.24, 2.45) is 4.99 Å². The molecule has 0 saturated carbocycles. The summed E-state index contributed by atoms with van der Waals surface area (Å²) in [5, 5.41) is 26.1. The zero-order valence-corrected chi connectivity index (χ0v) is 16.6. The summed E-state index contributed by atoms with van der Waals surface area (Å²) in [6.45, 7) is 1.32. The zero-order valence-electron chi connectivity index (χ0n) is 16.6. The maximum atomic E-state index is 15.0. The van der Waals surface area contributed by atoms with Crippen LogP contribution in [0.5, 0.6) is 0 Å². The number of hydrogen-bond donors (Lipinski definition) is 5. The third kappa shape index (κ3) is 3.82. The van der Waals surface area contributed by atoms with E-state index in [-0.39, 0.29) is 24.8 Å². The number of anilines is 3. The highest BCUT2D eigenvalue weighted by molar-refractivity contribution is 5.78. The first-order valence-corrected chi connectivity index (χ1v) is 9.99. The first-order chi connectivity index (χ1) is 15.2. The maximum Gasteiger partial charge on any atom is 0.183 e. The largest absolute Gasteiger partial charge is 0.396 e. The van der Waals surface area contributed by atoms with Gasteiger partial charge in [-0.2, -0.15) is 0 Å². The molecular formula is C20H22FN9O. The Kier molecular flexibility index (Phi) is 5.00. The topological polar surface area (TPSA) is 117 Å². The quantitative estimate of drug-likeness (QED) is 0.368. The van der Waals surface area contributed by atoms with Crippen LogP contribution < -0.4 is 16.2 Å². The van der Waals surface area contributed by atoms with Crippen molar-refractivity contribution in [3.05, 3.63) is 53.6 Å². The summed E-state index contributed by atoms with van der Waals surface area (Å²) in [5.41, 5.74) is 11.6. The van der Waals surface area contributed by atoms with Crippen LogP contribution in [0.2, 0.25) is 0 Å². The molecule has 0 amide bonds. The van der Waals surface area contributed by atoms with Gasteiger partial charge in [-0.15, -0.1) is 5.10 Å². The molecule has 1 aromatic heterocycles. The minimum Gasteiger partial charge on any atom is -0.396 e. The van der Waals surface area contributed by atoms with E-state index in [1.807, 2.05) is 36.4 Å². The monoisotopic (exact) mass is 423 g/mol. The summed E-state index contributed by atoms with van der Waals surface area (Å²) in [6.07, 6.45) is 2.23. The number of nitrogens with one attached hydrogen (secondary N) is 4. The van der Waals surface area contributed by atoms with Gasteiger partial charge in [0.15, 0.2) is 11.6 Å². The number of aromatic amines is 1. The van der Waals surface area contributed by atoms with Crippen molar-refractivity contribution < 1.29 is 9.50 Å². The van der Waals surface area contributed by atoms with E-state index in [1.165, 1.54) is 0 Å². The van der Waals surface area contributed by atoms with E-state index in [0.29, 0.717) is 19.5 Å². The number of H-pyrrole nitrogens is 1. The molecule has 160 valence electrons. The van der Waals surface area contributed by atoms with Gasteiger partial charge in [-0.25, -0.2) is 9.38 Å². The van der Waals surface area contributed by atoms with Crippen molar-refractivity contribution in [2.45, 2.75) is 13.0 Å². The standard InChI is InChI=1S/C20H22FN9O/c21-15-11-29(26-13-5-6-18-19(9-13)25-28-24-18)12-23-20(15)30-10-14-16(22-7-2-8-31)3-1-4-17(14)27-30/h1,3-6,9,12,22,26-27,31H,2,7-8,10-11H2,(H,24,25,28). The molecule has 0 fully saturated rings. The highest BCUT2D eigenvalue weighted by atomic mass is 19.1. The molecule has 31 heavy (non-hydrogen) atoms. The number of halogens is 1. The van der Waals surface area contributed by atoms with E-state index in [2.05, 4.69) is 36.6 Å². The Morgan fingerprint density at radius 2 is 2.13 bits per heavy atom. The van der Waals surface area contributed by atoms with Crippen LogP contribution >= 0.6 is 0 Å². The third-order valence-electron chi connectivity index (χ3n) is 5.12. The van der Waals surface area contributed by atoms with Crippen molar-refractivity contribution in [3.63, 3.8) is 0 Å². The molecule has 0 spiro atoms. The van der Waals surface area contributed by atoms with Gasteiger partial charge >= 0.3 is 0 Å². The van der Waals surface area contributed by atoms with E-state index in [1.54, 1.807) is 16.4 Å². The van der Waals surface area contributed by atoms with Crippen molar-refractivity contribution in [1.29, 1.82) is 0 Å². The molecule has 0 aliphatic carbocycles. The molecule has 5 N–H and O–H groups in total. The average Bonchev–Trinajstić information content (AvgIpc) is 3.41. The summed E-state index contributed by atoms with van der Waals surface area (Å²) >= 11 is 0. The number of aliphatic imine (C=N–C) groups is 1. The second-order valence-corrected chi connectivity index (χ2v) is 7.29. The fourth-order valence-electron chi connectivity index (χ4n) is 3.62. The van der Waals surface area contributed by atoms with Gasteiger partial charge in [-0.05, 0) is 36.8 Å². The Balaban J connectivity index is 1.26. The molecule has 11 heteroatoms. The van der Waals surface area contributed by atoms with Crippen molar-refractivity contribution in [3.8, 4) is 0 Å². The number of hydrogen-bond acceptors (Lipinski definition) is 9. The fraction of sp³-hybridized carbons (Fsp3) is 0.250. The SMILES string of the molecule is OCCCNc1cccc2c1CN(C1=C(F)CN(Nc3ccc4[nH]nnc4c3)C=N1)N2. The van der Waals surface area contributed by atoms with Crippen LogP contribution in [0.4, 0.5) is 21.5 Å². The highest BCUT2D eigenvalue weighted by Crippen LogP contribution is 2.35. The number of aliphatic hydroxyl groups is 1. The minimum atomic E-state index is -0.354. The van der Waals surface area contributed by atoms with Crippen LogP contribution in [0, 0.1) is 0 Å². The molecule has 2 aliphatic rings. The van der Waals surface area contributed by atoms with Crippen molar-refractivity contribution in [2.75, 3.05) is 35.9 Å². The Morgan fingerprint density at radius 1 is 1.19 bits per heavy atom. The lowest BCUT2D eigenvalue weighted by atomic mass is 10.1. The van der Waals surface area contributed by atoms with Crippen LogP contribution in [0.1, 0.15) is 12.0 Å². The maximum absolute atomic E-state index is 15.0. The number of aliphatic hydroxyl groups excluding tert-OH is 1. The molecule has 0 atom stereocenters. The number of rotatable bonds is 7. The van der Waals surface area contributed by atoms with Gasteiger partial charge in [-0.3, -0.25) is 26.0 Å². The van der Waals surface area contributed by atoms with E-state index >= 15 is 0 Å². The zero-order chi connectivity index (χ0) is 21.2. The van der Waals surface area contributed by atoms with E-state index in [0.717, 1.165) is 33.7 Å². The molecule has 2 aromatic carbocycles. The second-order valence-electron chi connectivity index (χ2n) is 7.29. The molecule has 3 heterocycles. The van der Waals surface area contributed by atoms with Gasteiger partial charge in [0.05, 0.1) is 30.0 Å². The summed E-state index contributed by atoms with van der Waals surface area (Å²) in [7, 11) is 0. The smallest absolute Gasteiger partial charge is 0.183 e. The van der Waals surface area contributed by atoms with Crippen LogP contribution in [0.15, 0.2) is 53.0 Å². The number of benzene rings is 2. The van der Waals surface area contributed by atoms with Crippen LogP contribution in [-0.2, 0) is 6.54 Å². The van der Waals surface area contributed by atoms with Gasteiger partial charge in [-0.1, -0.05) is 11.3 Å². The second kappa shape index (κ2) is 8.11. The number of fused-ring (bicyclic) bond motifs is 2. The number of hydrazine groups is 2. The minimum absolute atomic E-state index is 0.0335. The summed E-state index contributed by atoms with van der Waals surface area (Å²) in [4.78, 5) is 4.33. The van der Waals surface area contributed by atoms with Crippen molar-refractivity contribution in [1.82, 2.24) is 25.4 Å². The highest BCUT2D eigenvalue weighted by Gasteiger charge is 2.27. The molecule has 3 aromatic rings. The van der Waals surface area contributed by atoms with Crippen molar-refractivity contribution >= 4 is 34.4 Å². The van der Waals surface area contributed by atoms with Crippen LogP contribution in [0.3, 0.4) is 0 Å². The molecule has 0 bridgehead atoms. The molecule has 2 aliphatic heterocycles. The summed E-state index contributed by atoms with van der Waals surface area (Å²) in [6, 6.07) is 11.4. The normalized spacial score (nSPS) is 15.4. The number of nitrogens with zero attached hydrogens (tertiary/aromatic N) is 5. The Bertz CT molecular complexity index is 1160. The van der Waals surface area contributed by atoms with E-state index in [9.17, 15) is 4.39 Å². The first-order valence-electron chi connectivity index (χ1n) is 9.99. The Hall–Kier alpha value is -3.86. The van der Waals surface area contributed by atoms with E-state index in [4.69, 9.17) is 5.11 Å². The summed E-state index contributed by atoms with van der Waals surface area (Å²) in [5.74, 6) is -0.102. The molecule has 0 radical (unpaired) electrons. The summed E-state index contributed by atoms with van der Waals surface area (Å²) < 4.78 is 15.0. The number of aromatic nitrogens is 3. The third-order valence-corrected chi connectivity index (χ3v) is 5.12. The van der Waals surface area contributed by atoms with Gasteiger partial charge in [0, 0.05) is 24.4 Å². The first kappa shape index (κ1) is 19.1. The predicted octanol–water partition coefficient (Wildman–Crippen LogP) is 2.40. The average molecular weight is 423 g/mol. The molecule has 5 rings (SSSR count). The molecule has 0 unspecified atom stereocenters. The van der Waals surface area contributed by atoms with Gasteiger partial charge < -0.3 is 10.4 Å². The van der Waals surface area contributed by atoms with Gasteiger partial charge in [0.2, 0.25) is 0 Å². The fourth-order valence-corrected chi connectivity index (χ4v) is 3.62. The Morgan fingerprint density at radius 3 is 3.00 bits per heavy atom.